The molecule has 0 aliphatic carbocycles. The van der Waals surface area contributed by atoms with Gasteiger partial charge in [-0.05, 0) is 55.4 Å². The van der Waals surface area contributed by atoms with Crippen molar-refractivity contribution >= 4 is 34.6 Å². The third-order valence-electron chi connectivity index (χ3n) is 6.07. The highest BCUT2D eigenvalue weighted by atomic mass is 35.5. The van der Waals surface area contributed by atoms with Gasteiger partial charge >= 0.3 is 0 Å². The molecule has 1 fully saturated rings. The number of rotatable bonds is 5. The standard InChI is InChI=1S/C25H24ClFN4O3/c1-16-22(31(33)34)10-8-20(24(16)26)25(32)28-21-15-18(17-3-6-19(27)7-4-17)5-9-23(21)30-13-11-29(2)12-14-30/h3-10,15H,11-14H2,1-2H3,(H,28,32). The Kier molecular flexibility index (Phi) is 6.81. The molecular weight excluding hydrogens is 459 g/mol. The summed E-state index contributed by atoms with van der Waals surface area (Å²) in [4.78, 5) is 28.3. The number of nitrogens with zero attached hydrogens (tertiary/aromatic N) is 3. The lowest BCUT2D eigenvalue weighted by atomic mass is 10.0. The molecule has 1 amide bonds. The van der Waals surface area contributed by atoms with Crippen LogP contribution in [0, 0.1) is 22.9 Å². The topological polar surface area (TPSA) is 78.7 Å². The zero-order valence-corrected chi connectivity index (χ0v) is 19.6. The van der Waals surface area contributed by atoms with E-state index in [1.165, 1.54) is 31.2 Å². The van der Waals surface area contributed by atoms with E-state index in [0.717, 1.165) is 43.0 Å². The van der Waals surface area contributed by atoms with Gasteiger partial charge in [0.25, 0.3) is 11.6 Å². The number of carbonyl (C=O) groups excluding carboxylic acids is 1. The zero-order valence-electron chi connectivity index (χ0n) is 18.8. The van der Waals surface area contributed by atoms with Crippen molar-refractivity contribution in [2.75, 3.05) is 43.4 Å². The van der Waals surface area contributed by atoms with Gasteiger partial charge in [-0.15, -0.1) is 0 Å². The van der Waals surface area contributed by atoms with Crippen LogP contribution in [0.3, 0.4) is 0 Å². The second-order valence-corrected chi connectivity index (χ2v) is 8.69. The van der Waals surface area contributed by atoms with Crippen molar-refractivity contribution in [2.45, 2.75) is 6.92 Å². The van der Waals surface area contributed by atoms with Crippen LogP contribution < -0.4 is 10.2 Å². The van der Waals surface area contributed by atoms with Crippen LogP contribution in [-0.2, 0) is 0 Å². The number of halogens is 2. The van der Waals surface area contributed by atoms with Crippen molar-refractivity contribution in [2.24, 2.45) is 0 Å². The predicted molar refractivity (Wildman–Crippen MR) is 132 cm³/mol. The van der Waals surface area contributed by atoms with Crippen molar-refractivity contribution in [3.05, 3.63) is 86.7 Å². The van der Waals surface area contributed by atoms with Gasteiger partial charge in [0.2, 0.25) is 0 Å². The van der Waals surface area contributed by atoms with Gasteiger partial charge < -0.3 is 15.1 Å². The molecule has 3 aromatic carbocycles. The molecule has 0 radical (unpaired) electrons. The van der Waals surface area contributed by atoms with Crippen LogP contribution >= 0.6 is 11.6 Å². The van der Waals surface area contributed by atoms with Gasteiger partial charge in [-0.3, -0.25) is 14.9 Å². The molecule has 1 aliphatic rings. The minimum absolute atomic E-state index is 0.0440. The van der Waals surface area contributed by atoms with Crippen molar-refractivity contribution < 1.29 is 14.1 Å². The zero-order chi connectivity index (χ0) is 24.4. The van der Waals surface area contributed by atoms with Gasteiger partial charge in [-0.2, -0.15) is 0 Å². The van der Waals surface area contributed by atoms with Crippen molar-refractivity contribution in [3.8, 4) is 11.1 Å². The summed E-state index contributed by atoms with van der Waals surface area (Å²) < 4.78 is 13.4. The Bertz CT molecular complexity index is 1240. The summed E-state index contributed by atoms with van der Waals surface area (Å²) in [5.41, 5.74) is 3.33. The summed E-state index contributed by atoms with van der Waals surface area (Å²) in [5, 5.41) is 14.2. The molecule has 0 spiro atoms. The van der Waals surface area contributed by atoms with Gasteiger partial charge in [0.05, 0.1) is 26.9 Å². The fourth-order valence-corrected chi connectivity index (χ4v) is 4.26. The molecule has 7 nitrogen and oxygen atoms in total. The number of nitro benzene ring substituents is 1. The number of nitrogens with one attached hydrogen (secondary N) is 1. The molecule has 0 bridgehead atoms. The normalized spacial score (nSPS) is 14.2. The molecule has 34 heavy (non-hydrogen) atoms. The van der Waals surface area contributed by atoms with E-state index < -0.39 is 10.8 Å². The van der Waals surface area contributed by atoms with Crippen LogP contribution in [0.5, 0.6) is 0 Å². The van der Waals surface area contributed by atoms with E-state index in [1.54, 1.807) is 12.1 Å². The first kappa shape index (κ1) is 23.7. The first-order valence-electron chi connectivity index (χ1n) is 10.8. The highest BCUT2D eigenvalue weighted by molar-refractivity contribution is 6.35. The Hall–Kier alpha value is -3.49. The minimum Gasteiger partial charge on any atom is -0.367 e. The monoisotopic (exact) mass is 482 g/mol. The Labute approximate surface area is 201 Å². The molecule has 9 heteroatoms. The molecule has 0 aromatic heterocycles. The first-order valence-corrected chi connectivity index (χ1v) is 11.2. The first-order chi connectivity index (χ1) is 16.2. The molecule has 3 aromatic rings. The van der Waals surface area contributed by atoms with Gasteiger partial charge in [-0.25, -0.2) is 4.39 Å². The summed E-state index contributed by atoms with van der Waals surface area (Å²) in [5.74, 6) is -0.788. The van der Waals surface area contributed by atoms with E-state index >= 15 is 0 Å². The van der Waals surface area contributed by atoms with Crippen LogP contribution in [0.4, 0.5) is 21.5 Å². The maximum atomic E-state index is 13.4. The lowest BCUT2D eigenvalue weighted by molar-refractivity contribution is -0.385. The summed E-state index contributed by atoms with van der Waals surface area (Å²) >= 11 is 6.33. The fraction of sp³-hybridized carbons (Fsp3) is 0.240. The molecule has 0 saturated carbocycles. The van der Waals surface area contributed by atoms with E-state index in [4.69, 9.17) is 11.6 Å². The van der Waals surface area contributed by atoms with Gasteiger partial charge in [0, 0.05) is 37.8 Å². The third kappa shape index (κ3) is 4.88. The van der Waals surface area contributed by atoms with Crippen molar-refractivity contribution in [1.82, 2.24) is 4.90 Å². The van der Waals surface area contributed by atoms with Gasteiger partial charge in [0.15, 0.2) is 0 Å². The SMILES string of the molecule is Cc1c([N+](=O)[O-])ccc(C(=O)Nc2cc(-c3ccc(F)cc3)ccc2N2CCN(C)CC2)c1Cl. The molecule has 0 unspecified atom stereocenters. The van der Waals surface area contributed by atoms with Crippen LogP contribution in [0.1, 0.15) is 15.9 Å². The number of carbonyl (C=O) groups is 1. The highest BCUT2D eigenvalue weighted by Gasteiger charge is 2.23. The Morgan fingerprint density at radius 2 is 1.68 bits per heavy atom. The predicted octanol–water partition coefficient (Wildman–Crippen LogP) is 5.37. The Morgan fingerprint density at radius 3 is 2.32 bits per heavy atom. The smallest absolute Gasteiger partial charge is 0.273 e. The van der Waals surface area contributed by atoms with Crippen molar-refractivity contribution in [1.29, 1.82) is 0 Å². The van der Waals surface area contributed by atoms with Crippen LogP contribution in [-0.4, -0.2) is 49.0 Å². The van der Waals surface area contributed by atoms with E-state index in [0.29, 0.717) is 5.69 Å². The number of nitro groups is 1. The molecule has 176 valence electrons. The van der Waals surface area contributed by atoms with E-state index in [2.05, 4.69) is 22.2 Å². The van der Waals surface area contributed by atoms with Crippen LogP contribution in [0.25, 0.3) is 11.1 Å². The van der Waals surface area contributed by atoms with Crippen LogP contribution in [0.2, 0.25) is 5.02 Å². The molecule has 0 atom stereocenters. The Balaban J connectivity index is 1.71. The number of hydrogen-bond acceptors (Lipinski definition) is 5. The summed E-state index contributed by atoms with van der Waals surface area (Å²) in [6, 6.07) is 14.5. The molecule has 1 heterocycles. The number of hydrogen-bond donors (Lipinski definition) is 1. The van der Waals surface area contributed by atoms with Gasteiger partial charge in [0.1, 0.15) is 5.82 Å². The second kappa shape index (κ2) is 9.79. The Morgan fingerprint density at radius 1 is 1.03 bits per heavy atom. The number of likely N-dealkylation sites (N-methyl/N-ethyl adjacent to an activating group) is 1. The largest absolute Gasteiger partial charge is 0.367 e. The van der Waals surface area contributed by atoms with Crippen LogP contribution in [0.15, 0.2) is 54.6 Å². The number of benzene rings is 3. The number of anilines is 2. The lowest BCUT2D eigenvalue weighted by Gasteiger charge is -2.35. The van der Waals surface area contributed by atoms with Gasteiger partial charge in [-0.1, -0.05) is 29.8 Å². The molecule has 1 N–H and O–H groups in total. The number of amides is 1. The minimum atomic E-state index is -0.527. The molecule has 1 saturated heterocycles. The maximum absolute atomic E-state index is 13.4. The summed E-state index contributed by atoms with van der Waals surface area (Å²) in [7, 11) is 2.07. The average molecular weight is 483 g/mol. The summed E-state index contributed by atoms with van der Waals surface area (Å²) in [6.07, 6.45) is 0. The molecular formula is C25H24ClFN4O3. The third-order valence-corrected chi connectivity index (χ3v) is 6.55. The molecule has 1 aliphatic heterocycles. The summed E-state index contributed by atoms with van der Waals surface area (Å²) in [6.45, 7) is 4.89. The van der Waals surface area contributed by atoms with E-state index in [-0.39, 0.29) is 27.7 Å². The van der Waals surface area contributed by atoms with E-state index in [1.807, 2.05) is 18.2 Å². The molecule has 4 rings (SSSR count). The fourth-order valence-electron chi connectivity index (χ4n) is 4.02. The number of piperazine rings is 1. The average Bonchev–Trinajstić information content (AvgIpc) is 2.81. The van der Waals surface area contributed by atoms with Crippen molar-refractivity contribution in [3.63, 3.8) is 0 Å². The second-order valence-electron chi connectivity index (χ2n) is 8.31. The van der Waals surface area contributed by atoms with E-state index in [9.17, 15) is 19.3 Å². The highest BCUT2D eigenvalue weighted by Crippen LogP contribution is 2.34. The maximum Gasteiger partial charge on any atom is 0.273 e. The lowest BCUT2D eigenvalue weighted by Crippen LogP contribution is -2.44. The quantitative estimate of drug-likeness (QED) is 0.391.